The van der Waals surface area contributed by atoms with E-state index in [1.807, 2.05) is 13.0 Å². The fourth-order valence-electron chi connectivity index (χ4n) is 2.89. The lowest BCUT2D eigenvalue weighted by molar-refractivity contribution is -0.0354. The zero-order valence-corrected chi connectivity index (χ0v) is 15.2. The number of hydrogen-bond acceptors (Lipinski definition) is 4. The van der Waals surface area contributed by atoms with E-state index in [4.69, 9.17) is 4.74 Å². The van der Waals surface area contributed by atoms with Crippen molar-refractivity contribution in [1.82, 2.24) is 4.90 Å². The first kappa shape index (κ1) is 18.5. The maximum Gasteiger partial charge on any atom is 0.339 e. The molecule has 1 aliphatic rings. The average molecular weight is 329 g/mol. The van der Waals surface area contributed by atoms with Gasteiger partial charge in [0.2, 0.25) is 0 Å². The summed E-state index contributed by atoms with van der Waals surface area (Å²) in [6, 6.07) is 9.11. The van der Waals surface area contributed by atoms with E-state index < -0.39 is 17.2 Å². The van der Waals surface area contributed by atoms with Crippen LogP contribution in [0.3, 0.4) is 0 Å². The van der Waals surface area contributed by atoms with Gasteiger partial charge in [-0.15, -0.1) is 0 Å². The Labute approximate surface area is 144 Å². The molecule has 0 radical (unpaired) electrons. The smallest absolute Gasteiger partial charge is 0.339 e. The Bertz CT molecular complexity index is 644. The number of hydrogen-bond donors (Lipinski definition) is 1. The molecule has 0 spiro atoms. The number of aliphatic hydroxyl groups is 1. The zero-order chi connectivity index (χ0) is 18.0. The van der Waals surface area contributed by atoms with E-state index in [0.29, 0.717) is 12.0 Å². The van der Waals surface area contributed by atoms with Crippen molar-refractivity contribution < 1.29 is 14.6 Å². The Kier molecular flexibility index (Phi) is 5.37. The first-order valence-electron chi connectivity index (χ1n) is 8.38. The van der Waals surface area contributed by atoms with Crippen molar-refractivity contribution in [2.45, 2.75) is 51.4 Å². The van der Waals surface area contributed by atoms with Crippen molar-refractivity contribution in [2.75, 3.05) is 13.6 Å². The Hall–Kier alpha value is -1.83. The van der Waals surface area contributed by atoms with E-state index in [-0.39, 0.29) is 12.0 Å². The van der Waals surface area contributed by atoms with Gasteiger partial charge in [-0.05, 0) is 40.0 Å². The summed E-state index contributed by atoms with van der Waals surface area (Å²) in [4.78, 5) is 14.4. The van der Waals surface area contributed by atoms with Crippen LogP contribution in [0, 0.1) is 17.8 Å². The first-order chi connectivity index (χ1) is 11.1. The predicted molar refractivity (Wildman–Crippen MR) is 94.5 cm³/mol. The summed E-state index contributed by atoms with van der Waals surface area (Å²) < 4.78 is 5.51. The number of carbonyl (C=O) groups is 1. The summed E-state index contributed by atoms with van der Waals surface area (Å²) >= 11 is 0. The number of carbonyl (C=O) groups excluding carboxylic acids is 1. The van der Waals surface area contributed by atoms with Crippen molar-refractivity contribution >= 4 is 5.97 Å². The van der Waals surface area contributed by atoms with Crippen LogP contribution in [0.15, 0.2) is 30.3 Å². The maximum atomic E-state index is 12.2. The number of nitrogens with zero attached hydrogens (tertiary/aromatic N) is 1. The van der Waals surface area contributed by atoms with Crippen LogP contribution < -0.4 is 0 Å². The lowest BCUT2D eigenvalue weighted by Gasteiger charge is -2.43. The van der Waals surface area contributed by atoms with E-state index in [2.05, 4.69) is 30.7 Å². The highest BCUT2D eigenvalue weighted by Gasteiger charge is 2.40. The second kappa shape index (κ2) is 6.96. The van der Waals surface area contributed by atoms with Crippen LogP contribution in [0.25, 0.3) is 0 Å². The fourth-order valence-corrected chi connectivity index (χ4v) is 2.89. The van der Waals surface area contributed by atoms with E-state index in [9.17, 15) is 9.90 Å². The van der Waals surface area contributed by atoms with Gasteiger partial charge in [-0.3, -0.25) is 0 Å². The summed E-state index contributed by atoms with van der Waals surface area (Å²) in [6.45, 7) is 8.36. The number of piperidine rings is 1. The number of benzene rings is 1. The minimum Gasteiger partial charge on any atom is -0.443 e. The van der Waals surface area contributed by atoms with Crippen molar-refractivity contribution in [1.29, 1.82) is 0 Å². The highest BCUT2D eigenvalue weighted by atomic mass is 16.6. The van der Waals surface area contributed by atoms with E-state index in [1.165, 1.54) is 0 Å². The summed E-state index contributed by atoms with van der Waals surface area (Å²) in [5.74, 6) is 5.60. The van der Waals surface area contributed by atoms with Gasteiger partial charge in [-0.25, -0.2) is 4.79 Å². The lowest BCUT2D eigenvalue weighted by atomic mass is 9.79. The van der Waals surface area contributed by atoms with Gasteiger partial charge in [-0.2, -0.15) is 0 Å². The predicted octanol–water partition coefficient (Wildman–Crippen LogP) is 2.72. The minimum atomic E-state index is -1.05. The van der Waals surface area contributed by atoms with Gasteiger partial charge in [0.15, 0.2) is 5.60 Å². The molecule has 1 fully saturated rings. The maximum absolute atomic E-state index is 12.2. The van der Waals surface area contributed by atoms with Gasteiger partial charge < -0.3 is 14.7 Å². The molecule has 0 aromatic heterocycles. The van der Waals surface area contributed by atoms with Gasteiger partial charge in [0.1, 0.15) is 5.60 Å². The Morgan fingerprint density at radius 3 is 2.58 bits per heavy atom. The van der Waals surface area contributed by atoms with Gasteiger partial charge in [0.25, 0.3) is 0 Å². The molecular weight excluding hydrogens is 302 g/mol. The second-order valence-electron chi connectivity index (χ2n) is 7.33. The molecule has 4 nitrogen and oxygen atoms in total. The number of esters is 1. The molecule has 1 aromatic rings. The third kappa shape index (κ3) is 4.37. The van der Waals surface area contributed by atoms with Crippen molar-refractivity contribution in [3.05, 3.63) is 35.9 Å². The van der Waals surface area contributed by atoms with Crippen LogP contribution in [-0.2, 0) is 4.74 Å². The summed E-state index contributed by atoms with van der Waals surface area (Å²) in [6.07, 6.45) is 0.584. The third-order valence-electron chi connectivity index (χ3n) is 4.67. The van der Waals surface area contributed by atoms with Crippen LogP contribution in [0.2, 0.25) is 0 Å². The van der Waals surface area contributed by atoms with Gasteiger partial charge in [0.05, 0.1) is 5.56 Å². The molecule has 1 aromatic carbocycles. The number of rotatable bonds is 2. The standard InChI is InChI=1S/C20H27NO3/c1-15-14-21(5)16(2)13-20(15,23)12-11-19(3,4)24-18(22)17-9-7-6-8-10-17/h6-10,15-16,23H,13-14H2,1-5H3/t15-,16+,20-/m0/s1. The summed E-state index contributed by atoms with van der Waals surface area (Å²) in [7, 11) is 2.06. The molecule has 24 heavy (non-hydrogen) atoms. The molecule has 1 N–H and O–H groups in total. The highest BCUT2D eigenvalue weighted by Crippen LogP contribution is 2.30. The zero-order valence-electron chi connectivity index (χ0n) is 15.2. The Morgan fingerprint density at radius 1 is 1.33 bits per heavy atom. The third-order valence-corrected chi connectivity index (χ3v) is 4.67. The molecule has 1 saturated heterocycles. The van der Waals surface area contributed by atoms with Crippen LogP contribution in [0.4, 0.5) is 0 Å². The van der Waals surface area contributed by atoms with Crippen molar-refractivity contribution in [3.63, 3.8) is 0 Å². The normalized spacial score (nSPS) is 27.9. The first-order valence-corrected chi connectivity index (χ1v) is 8.38. The monoisotopic (exact) mass is 329 g/mol. The summed E-state index contributed by atoms with van der Waals surface area (Å²) in [5.41, 5.74) is -1.52. The second-order valence-corrected chi connectivity index (χ2v) is 7.33. The Balaban J connectivity index is 2.11. The molecule has 130 valence electrons. The average Bonchev–Trinajstić information content (AvgIpc) is 2.52. The minimum absolute atomic E-state index is 0.0341. The lowest BCUT2D eigenvalue weighted by Crippen LogP contribution is -2.52. The SMILES string of the molecule is C[C@@H]1C[C@@](O)(C#CC(C)(C)OC(=O)c2ccccc2)[C@@H](C)CN1C. The Morgan fingerprint density at radius 2 is 1.96 bits per heavy atom. The molecule has 0 bridgehead atoms. The largest absolute Gasteiger partial charge is 0.443 e. The number of ether oxygens (including phenoxy) is 1. The molecule has 0 unspecified atom stereocenters. The van der Waals surface area contributed by atoms with E-state index in [0.717, 1.165) is 6.54 Å². The van der Waals surface area contributed by atoms with Crippen LogP contribution >= 0.6 is 0 Å². The molecule has 3 atom stereocenters. The van der Waals surface area contributed by atoms with Crippen LogP contribution in [0.5, 0.6) is 0 Å². The van der Waals surface area contributed by atoms with Crippen molar-refractivity contribution in [2.24, 2.45) is 5.92 Å². The quantitative estimate of drug-likeness (QED) is 0.669. The van der Waals surface area contributed by atoms with Gasteiger partial charge in [0, 0.05) is 24.9 Å². The van der Waals surface area contributed by atoms with E-state index >= 15 is 0 Å². The van der Waals surface area contributed by atoms with Gasteiger partial charge >= 0.3 is 5.97 Å². The molecule has 1 aliphatic heterocycles. The molecule has 0 aliphatic carbocycles. The molecule has 2 rings (SSSR count). The van der Waals surface area contributed by atoms with Gasteiger partial charge in [-0.1, -0.05) is 37.0 Å². The molecular formula is C20H27NO3. The molecule has 0 amide bonds. The van der Waals surface area contributed by atoms with Crippen LogP contribution in [0.1, 0.15) is 44.5 Å². The molecule has 0 saturated carbocycles. The summed E-state index contributed by atoms with van der Waals surface area (Å²) in [5, 5.41) is 10.9. The van der Waals surface area contributed by atoms with Crippen LogP contribution in [-0.4, -0.2) is 46.8 Å². The van der Waals surface area contributed by atoms with Crippen molar-refractivity contribution in [3.8, 4) is 11.8 Å². The fraction of sp³-hybridized carbons (Fsp3) is 0.550. The topological polar surface area (TPSA) is 49.8 Å². The highest BCUT2D eigenvalue weighted by molar-refractivity contribution is 5.89. The number of likely N-dealkylation sites (tertiary alicyclic amines) is 1. The van der Waals surface area contributed by atoms with E-state index in [1.54, 1.807) is 38.1 Å². The molecule has 1 heterocycles. The molecule has 4 heteroatoms.